The zero-order chi connectivity index (χ0) is 12.8. The predicted octanol–water partition coefficient (Wildman–Crippen LogP) is 1.11. The van der Waals surface area contributed by atoms with Gasteiger partial charge in [0.1, 0.15) is 0 Å². The summed E-state index contributed by atoms with van der Waals surface area (Å²) in [6.07, 6.45) is 5.99. The van der Waals surface area contributed by atoms with E-state index in [-0.39, 0.29) is 12.6 Å². The molecule has 18 heavy (non-hydrogen) atoms. The normalized spacial score (nSPS) is 24.4. The molecule has 2 heterocycles. The second-order valence-electron chi connectivity index (χ2n) is 5.38. The molecule has 2 rings (SSSR count). The zero-order valence-corrected chi connectivity index (χ0v) is 11.0. The minimum Gasteiger partial charge on any atom is -0.394 e. The van der Waals surface area contributed by atoms with Crippen molar-refractivity contribution >= 4 is 6.03 Å². The molecule has 0 unspecified atom stereocenters. The Hall–Kier alpha value is -0.810. The van der Waals surface area contributed by atoms with Gasteiger partial charge >= 0.3 is 6.03 Å². The van der Waals surface area contributed by atoms with Crippen molar-refractivity contribution < 1.29 is 14.6 Å². The standard InChI is InChI=1S/C13H24N2O3/c16-11-13(5-9-18-10-6-13)14-12(17)15-7-3-1-2-4-8-15/h16H,1-11H2,(H,14,17). The topological polar surface area (TPSA) is 61.8 Å². The van der Waals surface area contributed by atoms with Crippen LogP contribution in [0.3, 0.4) is 0 Å². The lowest BCUT2D eigenvalue weighted by atomic mass is 9.91. The third-order valence-corrected chi connectivity index (χ3v) is 4.02. The number of urea groups is 1. The molecule has 104 valence electrons. The van der Waals surface area contributed by atoms with E-state index in [2.05, 4.69) is 5.32 Å². The van der Waals surface area contributed by atoms with Crippen molar-refractivity contribution in [1.29, 1.82) is 0 Å². The maximum atomic E-state index is 12.2. The number of aliphatic hydroxyl groups excluding tert-OH is 1. The van der Waals surface area contributed by atoms with E-state index < -0.39 is 5.54 Å². The number of likely N-dealkylation sites (tertiary alicyclic amines) is 1. The van der Waals surface area contributed by atoms with Gasteiger partial charge in [-0.05, 0) is 25.7 Å². The fourth-order valence-corrected chi connectivity index (χ4v) is 2.66. The molecule has 0 aliphatic carbocycles. The second kappa shape index (κ2) is 6.38. The van der Waals surface area contributed by atoms with E-state index in [0.717, 1.165) is 25.9 Å². The number of carbonyl (C=O) groups excluding carboxylic acids is 1. The highest BCUT2D eigenvalue weighted by atomic mass is 16.5. The van der Waals surface area contributed by atoms with Gasteiger partial charge in [-0.1, -0.05) is 12.8 Å². The fourth-order valence-electron chi connectivity index (χ4n) is 2.66. The Morgan fingerprint density at radius 1 is 1.17 bits per heavy atom. The van der Waals surface area contributed by atoms with Crippen LogP contribution in [0.2, 0.25) is 0 Å². The number of hydrogen-bond donors (Lipinski definition) is 2. The van der Waals surface area contributed by atoms with Gasteiger partial charge in [0.25, 0.3) is 0 Å². The first kappa shape index (κ1) is 13.6. The summed E-state index contributed by atoms with van der Waals surface area (Å²) in [5, 5.41) is 12.6. The molecular weight excluding hydrogens is 232 g/mol. The van der Waals surface area contributed by atoms with Crippen LogP contribution in [-0.2, 0) is 4.74 Å². The lowest BCUT2D eigenvalue weighted by Crippen LogP contribution is -2.58. The Morgan fingerprint density at radius 3 is 2.33 bits per heavy atom. The number of amides is 2. The Labute approximate surface area is 108 Å². The van der Waals surface area contributed by atoms with E-state index >= 15 is 0 Å². The van der Waals surface area contributed by atoms with Gasteiger partial charge in [-0.2, -0.15) is 0 Å². The van der Waals surface area contributed by atoms with Crippen molar-refractivity contribution in [3.8, 4) is 0 Å². The molecule has 0 aromatic heterocycles. The van der Waals surface area contributed by atoms with Gasteiger partial charge in [-0.25, -0.2) is 4.79 Å². The maximum Gasteiger partial charge on any atom is 0.317 e. The number of ether oxygens (including phenoxy) is 1. The van der Waals surface area contributed by atoms with Crippen LogP contribution in [0.15, 0.2) is 0 Å². The molecule has 2 amide bonds. The lowest BCUT2D eigenvalue weighted by molar-refractivity contribution is 0.0149. The first-order valence-corrected chi connectivity index (χ1v) is 7.01. The van der Waals surface area contributed by atoms with Crippen molar-refractivity contribution in [2.24, 2.45) is 0 Å². The van der Waals surface area contributed by atoms with Gasteiger partial charge in [0.15, 0.2) is 0 Å². The third-order valence-electron chi connectivity index (χ3n) is 4.02. The Kier molecular flexibility index (Phi) is 4.83. The van der Waals surface area contributed by atoms with E-state index in [1.54, 1.807) is 0 Å². The van der Waals surface area contributed by atoms with Crippen molar-refractivity contribution in [3.63, 3.8) is 0 Å². The summed E-state index contributed by atoms with van der Waals surface area (Å²) in [6.45, 7) is 2.89. The summed E-state index contributed by atoms with van der Waals surface area (Å²) in [5.41, 5.74) is -0.471. The van der Waals surface area contributed by atoms with Crippen LogP contribution in [-0.4, -0.2) is 54.5 Å². The highest BCUT2D eigenvalue weighted by molar-refractivity contribution is 5.75. The molecule has 2 N–H and O–H groups in total. The molecule has 0 atom stereocenters. The van der Waals surface area contributed by atoms with E-state index in [0.29, 0.717) is 26.1 Å². The van der Waals surface area contributed by atoms with Gasteiger partial charge in [0.05, 0.1) is 12.1 Å². The highest BCUT2D eigenvalue weighted by Crippen LogP contribution is 2.21. The molecule has 2 aliphatic rings. The van der Waals surface area contributed by atoms with Crippen molar-refractivity contribution in [1.82, 2.24) is 10.2 Å². The smallest absolute Gasteiger partial charge is 0.317 e. The molecule has 5 heteroatoms. The van der Waals surface area contributed by atoms with Crippen molar-refractivity contribution in [2.45, 2.75) is 44.1 Å². The van der Waals surface area contributed by atoms with Crippen LogP contribution >= 0.6 is 0 Å². The van der Waals surface area contributed by atoms with Gasteiger partial charge in [0.2, 0.25) is 0 Å². The first-order chi connectivity index (χ1) is 8.76. The van der Waals surface area contributed by atoms with E-state index in [9.17, 15) is 9.90 Å². The van der Waals surface area contributed by atoms with Crippen molar-refractivity contribution in [3.05, 3.63) is 0 Å². The van der Waals surface area contributed by atoms with E-state index in [4.69, 9.17) is 4.74 Å². The number of hydrogen-bond acceptors (Lipinski definition) is 3. The maximum absolute atomic E-state index is 12.2. The Morgan fingerprint density at radius 2 is 1.78 bits per heavy atom. The molecule has 0 aromatic carbocycles. The average molecular weight is 256 g/mol. The molecule has 0 saturated carbocycles. The van der Waals surface area contributed by atoms with E-state index in [1.165, 1.54) is 12.8 Å². The lowest BCUT2D eigenvalue weighted by Gasteiger charge is -2.38. The third kappa shape index (κ3) is 3.36. The molecule has 0 bridgehead atoms. The largest absolute Gasteiger partial charge is 0.394 e. The monoisotopic (exact) mass is 256 g/mol. The summed E-state index contributed by atoms with van der Waals surface area (Å²) >= 11 is 0. The Bertz CT molecular complexity index is 269. The summed E-state index contributed by atoms with van der Waals surface area (Å²) in [4.78, 5) is 14.1. The first-order valence-electron chi connectivity index (χ1n) is 7.01. The quantitative estimate of drug-likeness (QED) is 0.778. The summed E-state index contributed by atoms with van der Waals surface area (Å²) in [5.74, 6) is 0. The molecule has 0 radical (unpaired) electrons. The van der Waals surface area contributed by atoms with Crippen LogP contribution in [0.1, 0.15) is 38.5 Å². The molecular formula is C13H24N2O3. The minimum atomic E-state index is -0.471. The van der Waals surface area contributed by atoms with E-state index in [1.807, 2.05) is 4.90 Å². The van der Waals surface area contributed by atoms with Crippen LogP contribution < -0.4 is 5.32 Å². The number of carbonyl (C=O) groups is 1. The SMILES string of the molecule is O=C(NC1(CO)CCOCC1)N1CCCCCC1. The van der Waals surface area contributed by atoms with Gasteiger partial charge in [-0.3, -0.25) is 0 Å². The fraction of sp³-hybridized carbons (Fsp3) is 0.923. The molecule has 0 spiro atoms. The number of nitrogens with zero attached hydrogens (tertiary/aromatic N) is 1. The molecule has 2 fully saturated rings. The van der Waals surface area contributed by atoms with Gasteiger partial charge in [0, 0.05) is 26.3 Å². The van der Waals surface area contributed by atoms with Crippen molar-refractivity contribution in [2.75, 3.05) is 32.9 Å². The highest BCUT2D eigenvalue weighted by Gasteiger charge is 2.34. The van der Waals surface area contributed by atoms with Gasteiger partial charge in [-0.15, -0.1) is 0 Å². The van der Waals surface area contributed by atoms with Crippen LogP contribution in [0, 0.1) is 0 Å². The average Bonchev–Trinajstić information content (AvgIpc) is 2.68. The predicted molar refractivity (Wildman–Crippen MR) is 68.4 cm³/mol. The molecule has 2 aliphatic heterocycles. The summed E-state index contributed by atoms with van der Waals surface area (Å²) in [6, 6.07) is -0.0205. The molecule has 0 aromatic rings. The summed E-state index contributed by atoms with van der Waals surface area (Å²) in [7, 11) is 0. The Balaban J connectivity index is 1.91. The minimum absolute atomic E-state index is 0.00403. The number of nitrogens with one attached hydrogen (secondary N) is 1. The van der Waals surface area contributed by atoms with Crippen LogP contribution in [0.25, 0.3) is 0 Å². The molecule has 5 nitrogen and oxygen atoms in total. The zero-order valence-electron chi connectivity index (χ0n) is 11.0. The number of rotatable bonds is 2. The second-order valence-corrected chi connectivity index (χ2v) is 5.38. The summed E-state index contributed by atoms with van der Waals surface area (Å²) < 4.78 is 5.30. The van der Waals surface area contributed by atoms with Crippen LogP contribution in [0.5, 0.6) is 0 Å². The van der Waals surface area contributed by atoms with Gasteiger partial charge < -0.3 is 20.1 Å². The number of aliphatic hydroxyl groups is 1. The van der Waals surface area contributed by atoms with Crippen LogP contribution in [0.4, 0.5) is 4.79 Å². The molecule has 2 saturated heterocycles.